The Balaban J connectivity index is 2.04. The largest absolute Gasteiger partial charge is 0.479 e. The number of aromatic nitrogens is 2. The lowest BCUT2D eigenvalue weighted by atomic mass is 10.0. The maximum Gasteiger partial charge on any atom is 0.331 e. The number of rotatable bonds is 4. The second-order valence-electron chi connectivity index (χ2n) is 4.73. The molecule has 0 aliphatic carbocycles. The summed E-state index contributed by atoms with van der Waals surface area (Å²) in [5.74, 6) is -1.35. The summed E-state index contributed by atoms with van der Waals surface area (Å²) >= 11 is 0. The van der Waals surface area contributed by atoms with Crippen LogP contribution < -0.4 is 10.6 Å². The van der Waals surface area contributed by atoms with E-state index in [-0.39, 0.29) is 11.9 Å². The Hall–Kier alpha value is -1.89. The number of carboxylic acid groups (broad SMARTS) is 1. The Bertz CT molecular complexity index is 465. The van der Waals surface area contributed by atoms with Gasteiger partial charge in [-0.15, -0.1) is 0 Å². The number of carbonyl (C=O) groups excluding carboxylic acids is 1. The lowest BCUT2D eigenvalue weighted by Crippen LogP contribution is -2.48. The molecule has 1 aromatic rings. The van der Waals surface area contributed by atoms with Crippen LogP contribution in [-0.2, 0) is 16.6 Å². The SMILES string of the molecule is Cn1cc(C(NC(=O)[C@@H]2CCCCN2)C(=O)O)cn1. The van der Waals surface area contributed by atoms with Crippen LogP contribution in [0.5, 0.6) is 0 Å². The molecule has 1 unspecified atom stereocenters. The number of hydrogen-bond donors (Lipinski definition) is 3. The standard InChI is InChI=1S/C12H18N4O3/c1-16-7-8(6-14-16)10(12(18)19)15-11(17)9-4-2-3-5-13-9/h6-7,9-10,13H,2-5H2,1H3,(H,15,17)(H,18,19)/t9-,10?/m0/s1. The van der Waals surface area contributed by atoms with Crippen LogP contribution >= 0.6 is 0 Å². The molecule has 1 aliphatic rings. The van der Waals surface area contributed by atoms with Gasteiger partial charge in [0.15, 0.2) is 6.04 Å². The van der Waals surface area contributed by atoms with Gasteiger partial charge in [-0.25, -0.2) is 4.79 Å². The zero-order valence-electron chi connectivity index (χ0n) is 10.8. The van der Waals surface area contributed by atoms with Crippen LogP contribution in [-0.4, -0.2) is 39.4 Å². The summed E-state index contributed by atoms with van der Waals surface area (Å²) in [7, 11) is 1.70. The summed E-state index contributed by atoms with van der Waals surface area (Å²) in [4.78, 5) is 23.3. The van der Waals surface area contributed by atoms with Gasteiger partial charge in [0.25, 0.3) is 0 Å². The molecule has 7 nitrogen and oxygen atoms in total. The fraction of sp³-hybridized carbons (Fsp3) is 0.583. The average Bonchev–Trinajstić information content (AvgIpc) is 2.82. The fourth-order valence-corrected chi connectivity index (χ4v) is 2.20. The molecule has 1 aliphatic heterocycles. The number of aryl methyl sites for hydroxylation is 1. The van der Waals surface area contributed by atoms with Crippen LogP contribution in [0.4, 0.5) is 0 Å². The smallest absolute Gasteiger partial charge is 0.331 e. The number of hydrogen-bond acceptors (Lipinski definition) is 4. The van der Waals surface area contributed by atoms with Crippen molar-refractivity contribution in [1.82, 2.24) is 20.4 Å². The molecular weight excluding hydrogens is 248 g/mol. The summed E-state index contributed by atoms with van der Waals surface area (Å²) in [5.41, 5.74) is 0.471. The summed E-state index contributed by atoms with van der Waals surface area (Å²) in [6.07, 6.45) is 5.82. The molecule has 3 N–H and O–H groups in total. The maximum absolute atomic E-state index is 12.0. The molecular formula is C12H18N4O3. The molecule has 104 valence electrons. The molecule has 7 heteroatoms. The highest BCUT2D eigenvalue weighted by Gasteiger charge is 2.28. The normalized spacial score (nSPS) is 20.8. The minimum atomic E-state index is -1.09. The number of piperidine rings is 1. The predicted octanol–water partition coefficient (Wildman–Crippen LogP) is -0.196. The summed E-state index contributed by atoms with van der Waals surface area (Å²) in [6.45, 7) is 0.794. The first-order chi connectivity index (χ1) is 9.08. The van der Waals surface area contributed by atoms with E-state index in [0.717, 1.165) is 25.8 Å². The Morgan fingerprint density at radius 3 is 2.89 bits per heavy atom. The van der Waals surface area contributed by atoms with Crippen LogP contribution in [0.1, 0.15) is 30.9 Å². The molecule has 2 rings (SSSR count). The number of nitrogens with zero attached hydrogens (tertiary/aromatic N) is 2. The van der Waals surface area contributed by atoms with E-state index < -0.39 is 12.0 Å². The highest BCUT2D eigenvalue weighted by Crippen LogP contribution is 2.14. The van der Waals surface area contributed by atoms with E-state index in [4.69, 9.17) is 0 Å². The molecule has 1 amide bonds. The lowest BCUT2D eigenvalue weighted by molar-refractivity contribution is -0.142. The van der Waals surface area contributed by atoms with Gasteiger partial charge in [-0.05, 0) is 19.4 Å². The van der Waals surface area contributed by atoms with Crippen molar-refractivity contribution in [1.29, 1.82) is 0 Å². The molecule has 1 saturated heterocycles. The minimum Gasteiger partial charge on any atom is -0.479 e. The molecule has 2 atom stereocenters. The van der Waals surface area contributed by atoms with Gasteiger partial charge < -0.3 is 15.7 Å². The fourth-order valence-electron chi connectivity index (χ4n) is 2.20. The van der Waals surface area contributed by atoms with Crippen molar-refractivity contribution >= 4 is 11.9 Å². The van der Waals surface area contributed by atoms with Crippen molar-refractivity contribution in [3.05, 3.63) is 18.0 Å². The third-order valence-electron chi connectivity index (χ3n) is 3.22. The van der Waals surface area contributed by atoms with Gasteiger partial charge >= 0.3 is 5.97 Å². The monoisotopic (exact) mass is 266 g/mol. The van der Waals surface area contributed by atoms with E-state index in [1.165, 1.54) is 10.9 Å². The van der Waals surface area contributed by atoms with Gasteiger partial charge in [0.2, 0.25) is 5.91 Å². The average molecular weight is 266 g/mol. The number of amides is 1. The van der Waals surface area contributed by atoms with Gasteiger partial charge in [0.05, 0.1) is 12.2 Å². The topological polar surface area (TPSA) is 96.2 Å². The first-order valence-electron chi connectivity index (χ1n) is 6.33. The van der Waals surface area contributed by atoms with E-state index in [1.807, 2.05) is 0 Å². The van der Waals surface area contributed by atoms with Gasteiger partial charge in [-0.2, -0.15) is 5.10 Å². The Kier molecular flexibility index (Phi) is 4.16. The zero-order valence-corrected chi connectivity index (χ0v) is 10.8. The quantitative estimate of drug-likeness (QED) is 0.701. The zero-order chi connectivity index (χ0) is 13.8. The Morgan fingerprint density at radius 1 is 1.58 bits per heavy atom. The molecule has 0 bridgehead atoms. The van der Waals surface area contributed by atoms with Crippen LogP contribution in [0.3, 0.4) is 0 Å². The molecule has 0 saturated carbocycles. The van der Waals surface area contributed by atoms with E-state index in [1.54, 1.807) is 13.2 Å². The lowest BCUT2D eigenvalue weighted by Gasteiger charge is -2.24. The molecule has 2 heterocycles. The van der Waals surface area contributed by atoms with Crippen molar-refractivity contribution in [3.63, 3.8) is 0 Å². The third kappa shape index (κ3) is 3.31. The predicted molar refractivity (Wildman–Crippen MR) is 67.4 cm³/mol. The second kappa shape index (κ2) is 5.83. The van der Waals surface area contributed by atoms with Gasteiger partial charge in [0.1, 0.15) is 0 Å². The van der Waals surface area contributed by atoms with Crippen molar-refractivity contribution < 1.29 is 14.7 Å². The Labute approximate surface area is 111 Å². The molecule has 0 spiro atoms. The molecule has 0 aromatic carbocycles. The van der Waals surface area contributed by atoms with Crippen LogP contribution in [0.15, 0.2) is 12.4 Å². The highest BCUT2D eigenvalue weighted by atomic mass is 16.4. The van der Waals surface area contributed by atoms with Gasteiger partial charge in [-0.3, -0.25) is 9.48 Å². The van der Waals surface area contributed by atoms with Gasteiger partial charge in [0, 0.05) is 18.8 Å². The first-order valence-corrected chi connectivity index (χ1v) is 6.33. The summed E-state index contributed by atoms with van der Waals surface area (Å²) in [6, 6.07) is -1.35. The van der Waals surface area contributed by atoms with Crippen LogP contribution in [0, 0.1) is 0 Å². The van der Waals surface area contributed by atoms with Crippen molar-refractivity contribution in [2.24, 2.45) is 7.05 Å². The number of carbonyl (C=O) groups is 2. The molecule has 0 radical (unpaired) electrons. The van der Waals surface area contributed by atoms with Crippen molar-refractivity contribution in [2.45, 2.75) is 31.3 Å². The Morgan fingerprint density at radius 2 is 2.37 bits per heavy atom. The van der Waals surface area contributed by atoms with Crippen LogP contribution in [0.25, 0.3) is 0 Å². The number of aliphatic carboxylic acids is 1. The van der Waals surface area contributed by atoms with Gasteiger partial charge in [-0.1, -0.05) is 6.42 Å². The summed E-state index contributed by atoms with van der Waals surface area (Å²) in [5, 5.41) is 18.8. The van der Waals surface area contributed by atoms with E-state index in [9.17, 15) is 14.7 Å². The van der Waals surface area contributed by atoms with Crippen molar-refractivity contribution in [3.8, 4) is 0 Å². The number of carboxylic acids is 1. The molecule has 19 heavy (non-hydrogen) atoms. The molecule has 1 fully saturated rings. The highest BCUT2D eigenvalue weighted by molar-refractivity contribution is 5.87. The third-order valence-corrected chi connectivity index (χ3v) is 3.22. The van der Waals surface area contributed by atoms with Crippen molar-refractivity contribution in [2.75, 3.05) is 6.54 Å². The second-order valence-corrected chi connectivity index (χ2v) is 4.73. The first kappa shape index (κ1) is 13.5. The minimum absolute atomic E-state index is 0.268. The number of nitrogens with one attached hydrogen (secondary N) is 2. The van der Waals surface area contributed by atoms with E-state index in [0.29, 0.717) is 5.56 Å². The maximum atomic E-state index is 12.0. The van der Waals surface area contributed by atoms with E-state index >= 15 is 0 Å². The van der Waals surface area contributed by atoms with E-state index in [2.05, 4.69) is 15.7 Å². The molecule has 1 aromatic heterocycles. The van der Waals surface area contributed by atoms with Crippen LogP contribution in [0.2, 0.25) is 0 Å². The summed E-state index contributed by atoms with van der Waals surface area (Å²) < 4.78 is 1.51.